The summed E-state index contributed by atoms with van der Waals surface area (Å²) in [4.78, 5) is 10.9. The van der Waals surface area contributed by atoms with Crippen LogP contribution in [0.2, 0.25) is 0 Å². The summed E-state index contributed by atoms with van der Waals surface area (Å²) in [6.45, 7) is 5.96. The first kappa shape index (κ1) is 21.4. The highest BCUT2D eigenvalue weighted by molar-refractivity contribution is 5.61. The van der Waals surface area contributed by atoms with Gasteiger partial charge in [-0.2, -0.15) is 0 Å². The van der Waals surface area contributed by atoms with Gasteiger partial charge in [-0.15, -0.1) is 10.2 Å². The molecule has 0 aliphatic carbocycles. The van der Waals surface area contributed by atoms with Crippen molar-refractivity contribution in [3.05, 3.63) is 77.6 Å². The van der Waals surface area contributed by atoms with Gasteiger partial charge in [-0.25, -0.2) is 14.4 Å². The lowest BCUT2D eigenvalue weighted by molar-refractivity contribution is 0.396. The van der Waals surface area contributed by atoms with Gasteiger partial charge in [0.25, 0.3) is 0 Å². The molecule has 1 atom stereocenters. The van der Waals surface area contributed by atoms with Crippen LogP contribution in [-0.2, 0) is 0 Å². The fraction of sp³-hybridized carbons (Fsp3) is 0.250. The molecule has 0 spiro atoms. The van der Waals surface area contributed by atoms with Crippen molar-refractivity contribution in [3.8, 4) is 23.0 Å². The molecule has 0 N–H and O–H groups in total. The largest absolute Gasteiger partial charge is 0.479 e. The van der Waals surface area contributed by atoms with Crippen molar-refractivity contribution < 1.29 is 9.13 Å². The monoisotopic (exact) mass is 432 g/mol. The van der Waals surface area contributed by atoms with Gasteiger partial charge in [0.15, 0.2) is 5.82 Å². The van der Waals surface area contributed by atoms with Crippen molar-refractivity contribution in [2.45, 2.75) is 26.8 Å². The lowest BCUT2D eigenvalue weighted by Gasteiger charge is -2.27. The molecule has 0 saturated heterocycles. The van der Waals surface area contributed by atoms with Crippen LogP contribution in [0, 0.1) is 19.7 Å². The van der Waals surface area contributed by atoms with E-state index in [-0.39, 0.29) is 11.9 Å². The number of hydrogen-bond acceptors (Lipinski definition) is 6. The Labute approximate surface area is 186 Å². The van der Waals surface area contributed by atoms with Gasteiger partial charge >= 0.3 is 0 Å². The number of imidazole rings is 1. The molecule has 0 amide bonds. The Balaban J connectivity index is 1.62. The lowest BCUT2D eigenvalue weighted by Crippen LogP contribution is -2.24. The molecule has 3 aromatic heterocycles. The zero-order valence-corrected chi connectivity index (χ0v) is 18.7. The Morgan fingerprint density at radius 1 is 1.03 bits per heavy atom. The van der Waals surface area contributed by atoms with Crippen LogP contribution in [0.1, 0.15) is 29.8 Å². The molecule has 4 rings (SSSR count). The van der Waals surface area contributed by atoms with E-state index in [1.165, 1.54) is 12.1 Å². The first-order valence-corrected chi connectivity index (χ1v) is 10.3. The number of pyridine rings is 1. The number of anilines is 1. The molecular formula is C24H25FN6O. The first-order valence-electron chi connectivity index (χ1n) is 10.3. The second kappa shape index (κ2) is 8.74. The Kier molecular flexibility index (Phi) is 5.85. The molecule has 1 unspecified atom stereocenters. The van der Waals surface area contributed by atoms with E-state index in [0.29, 0.717) is 17.3 Å². The summed E-state index contributed by atoms with van der Waals surface area (Å²) in [6, 6.07) is 12.3. The van der Waals surface area contributed by atoms with Gasteiger partial charge in [0.05, 0.1) is 30.9 Å². The highest BCUT2D eigenvalue weighted by Gasteiger charge is 2.18. The van der Waals surface area contributed by atoms with E-state index >= 15 is 0 Å². The SMILES string of the molecule is COc1nc(-c2cc(C)c(N(C)C(C)c3ccc(F)cc3)nn2)ccc1-n1cnc(C)c1. The van der Waals surface area contributed by atoms with Crippen LogP contribution in [-0.4, -0.2) is 38.9 Å². The predicted octanol–water partition coefficient (Wildman–Crippen LogP) is 4.69. The van der Waals surface area contributed by atoms with E-state index in [4.69, 9.17) is 4.74 Å². The molecule has 0 bridgehead atoms. The summed E-state index contributed by atoms with van der Waals surface area (Å²) in [6.07, 6.45) is 3.64. The third-order valence-corrected chi connectivity index (χ3v) is 5.51. The van der Waals surface area contributed by atoms with Crippen molar-refractivity contribution in [2.24, 2.45) is 0 Å². The third kappa shape index (κ3) is 4.16. The number of methoxy groups -OCH3 is 1. The Morgan fingerprint density at radius 2 is 1.78 bits per heavy atom. The minimum Gasteiger partial charge on any atom is -0.479 e. The fourth-order valence-corrected chi connectivity index (χ4v) is 3.58. The van der Waals surface area contributed by atoms with Crippen molar-refractivity contribution in [1.82, 2.24) is 24.7 Å². The zero-order valence-electron chi connectivity index (χ0n) is 18.7. The first-order chi connectivity index (χ1) is 15.4. The number of benzene rings is 1. The Morgan fingerprint density at radius 3 is 2.41 bits per heavy atom. The summed E-state index contributed by atoms with van der Waals surface area (Å²) in [7, 11) is 3.54. The maximum atomic E-state index is 13.3. The normalized spacial score (nSPS) is 11.9. The number of nitrogens with zero attached hydrogens (tertiary/aromatic N) is 6. The summed E-state index contributed by atoms with van der Waals surface area (Å²) in [5, 5.41) is 8.88. The number of rotatable bonds is 6. The van der Waals surface area contributed by atoms with Crippen molar-refractivity contribution in [2.75, 3.05) is 19.1 Å². The van der Waals surface area contributed by atoms with Gasteiger partial charge in [0.2, 0.25) is 5.88 Å². The van der Waals surface area contributed by atoms with Crippen molar-refractivity contribution in [1.29, 1.82) is 0 Å². The lowest BCUT2D eigenvalue weighted by atomic mass is 10.1. The molecule has 32 heavy (non-hydrogen) atoms. The van der Waals surface area contributed by atoms with Gasteiger partial charge in [-0.1, -0.05) is 12.1 Å². The topological polar surface area (TPSA) is 69.0 Å². The van der Waals surface area contributed by atoms with E-state index in [9.17, 15) is 4.39 Å². The molecule has 8 heteroatoms. The van der Waals surface area contributed by atoms with Gasteiger partial charge < -0.3 is 14.2 Å². The molecule has 0 fully saturated rings. The van der Waals surface area contributed by atoms with Crippen molar-refractivity contribution in [3.63, 3.8) is 0 Å². The van der Waals surface area contributed by atoms with Crippen molar-refractivity contribution >= 4 is 5.82 Å². The molecule has 164 valence electrons. The molecular weight excluding hydrogens is 407 g/mol. The number of aromatic nitrogens is 5. The molecule has 4 aromatic rings. The summed E-state index contributed by atoms with van der Waals surface area (Å²) in [5.41, 5.74) is 4.98. The van der Waals surface area contributed by atoms with Crippen LogP contribution in [0.15, 0.2) is 55.0 Å². The zero-order chi connectivity index (χ0) is 22.8. The number of hydrogen-bond donors (Lipinski definition) is 0. The van der Waals surface area contributed by atoms with E-state index < -0.39 is 0 Å². The molecule has 0 radical (unpaired) electrons. The van der Waals surface area contributed by atoms with Crippen LogP contribution in [0.3, 0.4) is 0 Å². The quantitative estimate of drug-likeness (QED) is 0.440. The molecule has 7 nitrogen and oxygen atoms in total. The van der Waals surface area contributed by atoms with Crippen LogP contribution < -0.4 is 9.64 Å². The molecule has 3 heterocycles. The molecule has 0 aliphatic heterocycles. The van der Waals surface area contributed by atoms with Gasteiger partial charge in [-0.05, 0) is 62.2 Å². The van der Waals surface area contributed by atoms with Crippen LogP contribution in [0.5, 0.6) is 5.88 Å². The Hall–Kier alpha value is -3.81. The smallest absolute Gasteiger partial charge is 0.238 e. The van der Waals surface area contributed by atoms with E-state index in [0.717, 1.165) is 28.3 Å². The van der Waals surface area contributed by atoms with Gasteiger partial charge in [0.1, 0.15) is 17.2 Å². The minimum absolute atomic E-state index is 0.00518. The molecule has 0 aliphatic rings. The highest BCUT2D eigenvalue weighted by Crippen LogP contribution is 2.29. The number of halogens is 1. The number of aryl methyl sites for hydroxylation is 2. The second-order valence-corrected chi connectivity index (χ2v) is 7.72. The minimum atomic E-state index is -0.249. The number of ether oxygens (including phenoxy) is 1. The molecule has 0 saturated carbocycles. The Bertz CT molecular complexity index is 1240. The second-order valence-electron chi connectivity index (χ2n) is 7.72. The van der Waals surface area contributed by atoms with Crippen LogP contribution in [0.4, 0.5) is 10.2 Å². The van der Waals surface area contributed by atoms with E-state index in [1.54, 1.807) is 25.6 Å². The standard InChI is InChI=1S/C24H25FN6O/c1-15-12-21(20-10-11-22(24(27-20)32-5)31-13-16(2)26-14-31)28-29-23(15)30(4)17(3)18-6-8-19(25)9-7-18/h6-14,17H,1-5H3. The van der Waals surface area contributed by atoms with Gasteiger partial charge in [-0.3, -0.25) is 0 Å². The van der Waals surface area contributed by atoms with E-state index in [1.807, 2.05) is 61.7 Å². The highest BCUT2D eigenvalue weighted by atomic mass is 19.1. The third-order valence-electron chi connectivity index (χ3n) is 5.51. The molecule has 1 aromatic carbocycles. The van der Waals surface area contributed by atoms with Crippen LogP contribution in [0.25, 0.3) is 17.1 Å². The fourth-order valence-electron chi connectivity index (χ4n) is 3.58. The maximum absolute atomic E-state index is 13.3. The average Bonchev–Trinajstić information content (AvgIpc) is 3.24. The van der Waals surface area contributed by atoms with Gasteiger partial charge in [0, 0.05) is 13.2 Å². The average molecular weight is 433 g/mol. The summed E-state index contributed by atoms with van der Waals surface area (Å²) >= 11 is 0. The van der Waals surface area contributed by atoms with E-state index in [2.05, 4.69) is 20.2 Å². The summed E-state index contributed by atoms with van der Waals surface area (Å²) < 4.78 is 20.6. The predicted molar refractivity (Wildman–Crippen MR) is 122 cm³/mol. The maximum Gasteiger partial charge on any atom is 0.238 e. The van der Waals surface area contributed by atoms with Crippen LogP contribution >= 0.6 is 0 Å². The summed E-state index contributed by atoms with van der Waals surface area (Å²) in [5.74, 6) is 0.981.